The zero-order valence-electron chi connectivity index (χ0n) is 12.5. The van der Waals surface area contributed by atoms with E-state index in [4.69, 9.17) is 5.11 Å². The summed E-state index contributed by atoms with van der Waals surface area (Å²) in [4.78, 5) is 35.2. The van der Waals surface area contributed by atoms with Gasteiger partial charge in [0.05, 0.1) is 10.5 Å². The number of amides is 1. The van der Waals surface area contributed by atoms with Crippen LogP contribution in [0.5, 0.6) is 0 Å². The number of nitrogens with zero attached hydrogens (tertiary/aromatic N) is 2. The van der Waals surface area contributed by atoms with Crippen LogP contribution in [-0.4, -0.2) is 53.0 Å². The maximum atomic E-state index is 12.0. The van der Waals surface area contributed by atoms with Crippen LogP contribution in [0.25, 0.3) is 0 Å². The van der Waals surface area contributed by atoms with Crippen molar-refractivity contribution >= 4 is 17.6 Å². The number of carboxylic acid groups (broad SMARTS) is 1. The molecule has 0 bridgehead atoms. The first kappa shape index (κ1) is 17.6. The van der Waals surface area contributed by atoms with E-state index in [1.807, 2.05) is 13.8 Å². The lowest BCUT2D eigenvalue weighted by Gasteiger charge is -2.17. The lowest BCUT2D eigenvalue weighted by Crippen LogP contribution is -2.34. The average molecular weight is 309 g/mol. The molecule has 1 aromatic rings. The average Bonchev–Trinajstić information content (AvgIpc) is 2.50. The number of benzene rings is 1. The minimum absolute atomic E-state index is 0.0360. The van der Waals surface area contributed by atoms with Crippen LogP contribution in [0.4, 0.5) is 5.69 Å². The summed E-state index contributed by atoms with van der Waals surface area (Å²) in [5, 5.41) is 22.4. The first-order valence-corrected chi connectivity index (χ1v) is 6.92. The standard InChI is InChI=1S/C14H19N3O5/c1-3-16(4-2)6-5-15-13(18)10-7-11(14(19)20)9-12(8-10)17(21)22/h7-9H,3-6H2,1-2H3,(H,15,18)(H,19,20). The van der Waals surface area contributed by atoms with Crippen molar-refractivity contribution in [2.24, 2.45) is 0 Å². The number of hydrogen-bond donors (Lipinski definition) is 2. The van der Waals surface area contributed by atoms with E-state index in [0.717, 1.165) is 31.3 Å². The topological polar surface area (TPSA) is 113 Å². The van der Waals surface area contributed by atoms with Crippen LogP contribution < -0.4 is 5.32 Å². The molecule has 8 nitrogen and oxygen atoms in total. The molecule has 22 heavy (non-hydrogen) atoms. The molecule has 1 amide bonds. The lowest BCUT2D eigenvalue weighted by atomic mass is 10.1. The lowest BCUT2D eigenvalue weighted by molar-refractivity contribution is -0.384. The van der Waals surface area contributed by atoms with Gasteiger partial charge in [-0.05, 0) is 19.2 Å². The van der Waals surface area contributed by atoms with Crippen LogP contribution >= 0.6 is 0 Å². The van der Waals surface area contributed by atoms with Gasteiger partial charge in [-0.3, -0.25) is 14.9 Å². The van der Waals surface area contributed by atoms with Gasteiger partial charge in [0.25, 0.3) is 11.6 Å². The van der Waals surface area contributed by atoms with Gasteiger partial charge in [0, 0.05) is 30.8 Å². The summed E-state index contributed by atoms with van der Waals surface area (Å²) in [6, 6.07) is 3.12. The van der Waals surface area contributed by atoms with E-state index in [-0.39, 0.29) is 11.1 Å². The van der Waals surface area contributed by atoms with Crippen molar-refractivity contribution in [3.8, 4) is 0 Å². The Morgan fingerprint density at radius 2 is 1.82 bits per heavy atom. The van der Waals surface area contributed by atoms with Crippen LogP contribution in [0.2, 0.25) is 0 Å². The molecule has 0 aliphatic carbocycles. The third-order valence-electron chi connectivity index (χ3n) is 3.25. The van der Waals surface area contributed by atoms with Crippen molar-refractivity contribution in [3.63, 3.8) is 0 Å². The Morgan fingerprint density at radius 3 is 2.32 bits per heavy atom. The molecule has 0 fully saturated rings. The van der Waals surface area contributed by atoms with Crippen LogP contribution in [-0.2, 0) is 0 Å². The largest absolute Gasteiger partial charge is 0.478 e. The van der Waals surface area contributed by atoms with Gasteiger partial charge in [0.2, 0.25) is 0 Å². The number of likely N-dealkylation sites (N-methyl/N-ethyl adjacent to an activating group) is 1. The fraction of sp³-hybridized carbons (Fsp3) is 0.429. The number of rotatable bonds is 8. The molecular formula is C14H19N3O5. The first-order chi connectivity index (χ1) is 10.4. The molecule has 0 atom stereocenters. The van der Waals surface area contributed by atoms with E-state index in [0.29, 0.717) is 13.1 Å². The minimum atomic E-state index is -1.32. The highest BCUT2D eigenvalue weighted by atomic mass is 16.6. The summed E-state index contributed by atoms with van der Waals surface area (Å²) in [7, 11) is 0. The van der Waals surface area contributed by atoms with Gasteiger partial charge in [-0.15, -0.1) is 0 Å². The van der Waals surface area contributed by atoms with Gasteiger partial charge in [-0.1, -0.05) is 13.8 Å². The summed E-state index contributed by atoms with van der Waals surface area (Å²) in [5.74, 6) is -1.85. The van der Waals surface area contributed by atoms with E-state index in [1.54, 1.807) is 0 Å². The van der Waals surface area contributed by atoms with E-state index in [2.05, 4.69) is 10.2 Å². The highest BCUT2D eigenvalue weighted by molar-refractivity contribution is 5.98. The number of hydrogen-bond acceptors (Lipinski definition) is 5. The molecule has 0 aliphatic heterocycles. The van der Waals surface area contributed by atoms with Crippen molar-refractivity contribution < 1.29 is 19.6 Å². The van der Waals surface area contributed by atoms with Gasteiger partial charge in [0.1, 0.15) is 0 Å². The van der Waals surface area contributed by atoms with Crippen molar-refractivity contribution in [1.82, 2.24) is 10.2 Å². The fourth-order valence-corrected chi connectivity index (χ4v) is 1.94. The first-order valence-electron chi connectivity index (χ1n) is 6.92. The van der Waals surface area contributed by atoms with E-state index < -0.39 is 22.5 Å². The third kappa shape index (κ3) is 4.81. The van der Waals surface area contributed by atoms with E-state index in [1.165, 1.54) is 0 Å². The van der Waals surface area contributed by atoms with Crippen LogP contribution in [0.15, 0.2) is 18.2 Å². The Morgan fingerprint density at radius 1 is 1.23 bits per heavy atom. The molecule has 0 heterocycles. The van der Waals surface area contributed by atoms with Gasteiger partial charge in [-0.2, -0.15) is 0 Å². The molecule has 8 heteroatoms. The monoisotopic (exact) mass is 309 g/mol. The van der Waals surface area contributed by atoms with E-state index >= 15 is 0 Å². The fourth-order valence-electron chi connectivity index (χ4n) is 1.94. The maximum Gasteiger partial charge on any atom is 0.335 e. The normalized spacial score (nSPS) is 10.5. The Kier molecular flexibility index (Phi) is 6.46. The number of nitro groups is 1. The predicted molar refractivity (Wildman–Crippen MR) is 80.2 cm³/mol. The number of nitro benzene ring substituents is 1. The predicted octanol–water partition coefficient (Wildman–Crippen LogP) is 1.36. The number of aromatic carboxylic acids is 1. The van der Waals surface area contributed by atoms with Gasteiger partial charge < -0.3 is 15.3 Å². The maximum absolute atomic E-state index is 12.0. The summed E-state index contributed by atoms with van der Waals surface area (Å²) in [6.07, 6.45) is 0. The smallest absolute Gasteiger partial charge is 0.335 e. The zero-order valence-corrected chi connectivity index (χ0v) is 12.5. The molecule has 120 valence electrons. The summed E-state index contributed by atoms with van der Waals surface area (Å²) >= 11 is 0. The molecule has 0 saturated carbocycles. The molecule has 0 saturated heterocycles. The molecule has 0 aromatic heterocycles. The molecule has 0 unspecified atom stereocenters. The Balaban J connectivity index is 2.84. The molecule has 2 N–H and O–H groups in total. The van der Waals surface area contributed by atoms with E-state index in [9.17, 15) is 19.7 Å². The highest BCUT2D eigenvalue weighted by Crippen LogP contribution is 2.17. The van der Waals surface area contributed by atoms with Crippen LogP contribution in [0.1, 0.15) is 34.6 Å². The van der Waals surface area contributed by atoms with Gasteiger partial charge in [0.15, 0.2) is 0 Å². The molecule has 0 aliphatic rings. The Labute approximate surface area is 127 Å². The number of carbonyl (C=O) groups is 2. The second kappa shape index (κ2) is 8.08. The summed E-state index contributed by atoms with van der Waals surface area (Å²) in [5.41, 5.74) is -0.747. The van der Waals surface area contributed by atoms with Crippen LogP contribution in [0, 0.1) is 10.1 Å². The highest BCUT2D eigenvalue weighted by Gasteiger charge is 2.17. The molecule has 0 radical (unpaired) electrons. The molecular weight excluding hydrogens is 290 g/mol. The third-order valence-corrected chi connectivity index (χ3v) is 3.25. The van der Waals surface area contributed by atoms with Gasteiger partial charge in [-0.25, -0.2) is 4.79 Å². The number of carboxylic acids is 1. The van der Waals surface area contributed by atoms with Crippen molar-refractivity contribution in [3.05, 3.63) is 39.4 Å². The second-order valence-electron chi connectivity index (χ2n) is 4.61. The van der Waals surface area contributed by atoms with Crippen molar-refractivity contribution in [1.29, 1.82) is 0 Å². The number of nitrogens with one attached hydrogen (secondary N) is 1. The quantitative estimate of drug-likeness (QED) is 0.554. The SMILES string of the molecule is CCN(CC)CCNC(=O)c1cc(C(=O)O)cc([N+](=O)[O-])c1. The Hall–Kier alpha value is -2.48. The number of non-ortho nitro benzene ring substituents is 1. The molecule has 0 spiro atoms. The summed E-state index contributed by atoms with van der Waals surface area (Å²) < 4.78 is 0. The molecule has 1 rings (SSSR count). The van der Waals surface area contributed by atoms with Gasteiger partial charge >= 0.3 is 5.97 Å². The van der Waals surface area contributed by atoms with Crippen molar-refractivity contribution in [2.45, 2.75) is 13.8 Å². The Bertz CT molecular complexity index is 537. The summed E-state index contributed by atoms with van der Waals surface area (Å²) in [6.45, 7) is 6.75. The number of carbonyl (C=O) groups excluding carboxylic acids is 1. The van der Waals surface area contributed by atoms with Crippen molar-refractivity contribution in [2.75, 3.05) is 26.2 Å². The molecule has 1 aromatic carbocycles. The minimum Gasteiger partial charge on any atom is -0.478 e. The zero-order chi connectivity index (χ0) is 16.7. The van der Waals surface area contributed by atoms with Crippen LogP contribution in [0.3, 0.4) is 0 Å². The second-order valence-corrected chi connectivity index (χ2v) is 4.61.